The van der Waals surface area contributed by atoms with E-state index in [0.29, 0.717) is 12.5 Å². The van der Waals surface area contributed by atoms with Crippen molar-refractivity contribution in [2.24, 2.45) is 5.92 Å². The Balaban J connectivity index is 2.20. The summed E-state index contributed by atoms with van der Waals surface area (Å²) in [4.78, 5) is 0. The Hall–Kier alpha value is -1.50. The van der Waals surface area contributed by atoms with E-state index in [1.54, 1.807) is 0 Å². The van der Waals surface area contributed by atoms with Crippen molar-refractivity contribution in [1.29, 1.82) is 0 Å². The van der Waals surface area contributed by atoms with Gasteiger partial charge in [-0.15, -0.1) is 6.42 Å². The van der Waals surface area contributed by atoms with Crippen LogP contribution in [0.2, 0.25) is 0 Å². The standard InChI is InChI=1S/C17H25NO2/c1-4-11-20-17-8-6-5-7-16(17)14-18-10-13-19-12-9-15(2)3/h1,5-8,15,18H,9-14H2,2-3H3. The van der Waals surface area contributed by atoms with Gasteiger partial charge in [0.15, 0.2) is 0 Å². The fourth-order valence-electron chi connectivity index (χ4n) is 1.70. The molecule has 1 N–H and O–H groups in total. The Labute approximate surface area is 122 Å². The maximum absolute atomic E-state index is 5.56. The molecule has 20 heavy (non-hydrogen) atoms. The van der Waals surface area contributed by atoms with Crippen molar-refractivity contribution in [2.45, 2.75) is 26.8 Å². The van der Waals surface area contributed by atoms with Crippen LogP contribution in [0.15, 0.2) is 24.3 Å². The molecule has 0 atom stereocenters. The maximum Gasteiger partial charge on any atom is 0.148 e. The van der Waals surface area contributed by atoms with Gasteiger partial charge in [0, 0.05) is 25.3 Å². The predicted octanol–water partition coefficient (Wildman–Crippen LogP) is 2.85. The van der Waals surface area contributed by atoms with Crippen LogP contribution < -0.4 is 10.1 Å². The van der Waals surface area contributed by atoms with Gasteiger partial charge < -0.3 is 14.8 Å². The SMILES string of the molecule is C#CCOc1ccccc1CNCCOCCC(C)C. The Morgan fingerprint density at radius 2 is 2.05 bits per heavy atom. The molecule has 0 unspecified atom stereocenters. The molecule has 3 heteroatoms. The van der Waals surface area contributed by atoms with E-state index in [4.69, 9.17) is 15.9 Å². The number of benzene rings is 1. The van der Waals surface area contributed by atoms with Gasteiger partial charge in [0.2, 0.25) is 0 Å². The molecular weight excluding hydrogens is 250 g/mol. The van der Waals surface area contributed by atoms with Crippen molar-refractivity contribution in [1.82, 2.24) is 5.32 Å². The molecule has 0 bridgehead atoms. The van der Waals surface area contributed by atoms with Crippen molar-refractivity contribution in [3.05, 3.63) is 29.8 Å². The van der Waals surface area contributed by atoms with Gasteiger partial charge in [-0.05, 0) is 18.4 Å². The average molecular weight is 275 g/mol. The van der Waals surface area contributed by atoms with Crippen LogP contribution in [0.5, 0.6) is 5.75 Å². The van der Waals surface area contributed by atoms with E-state index in [1.807, 2.05) is 24.3 Å². The van der Waals surface area contributed by atoms with E-state index in [-0.39, 0.29) is 0 Å². The van der Waals surface area contributed by atoms with Gasteiger partial charge in [0.1, 0.15) is 12.4 Å². The fourth-order valence-corrected chi connectivity index (χ4v) is 1.70. The second-order valence-electron chi connectivity index (χ2n) is 5.07. The van der Waals surface area contributed by atoms with Crippen LogP contribution in [-0.4, -0.2) is 26.4 Å². The lowest BCUT2D eigenvalue weighted by atomic mass is 10.1. The summed E-state index contributed by atoms with van der Waals surface area (Å²) in [7, 11) is 0. The molecule has 0 aliphatic carbocycles. The van der Waals surface area contributed by atoms with E-state index in [0.717, 1.165) is 44.0 Å². The average Bonchev–Trinajstić information content (AvgIpc) is 2.44. The highest BCUT2D eigenvalue weighted by Crippen LogP contribution is 2.17. The molecule has 0 amide bonds. The molecule has 1 aromatic carbocycles. The highest BCUT2D eigenvalue weighted by atomic mass is 16.5. The highest BCUT2D eigenvalue weighted by molar-refractivity contribution is 5.33. The second kappa shape index (κ2) is 10.3. The van der Waals surface area contributed by atoms with Gasteiger partial charge in [0.25, 0.3) is 0 Å². The third-order valence-corrected chi connectivity index (χ3v) is 2.86. The minimum atomic E-state index is 0.301. The lowest BCUT2D eigenvalue weighted by Crippen LogP contribution is -2.20. The molecule has 3 nitrogen and oxygen atoms in total. The summed E-state index contributed by atoms with van der Waals surface area (Å²) in [5.74, 6) is 4.02. The zero-order valence-electron chi connectivity index (χ0n) is 12.5. The van der Waals surface area contributed by atoms with Crippen LogP contribution in [0.4, 0.5) is 0 Å². The summed E-state index contributed by atoms with van der Waals surface area (Å²) in [6.07, 6.45) is 6.32. The topological polar surface area (TPSA) is 30.5 Å². The molecule has 0 aromatic heterocycles. The van der Waals surface area contributed by atoms with Gasteiger partial charge in [0.05, 0.1) is 6.61 Å². The fraction of sp³-hybridized carbons (Fsp3) is 0.529. The summed E-state index contributed by atoms with van der Waals surface area (Å²) in [5, 5.41) is 3.35. The third-order valence-electron chi connectivity index (χ3n) is 2.86. The number of para-hydroxylation sites is 1. The van der Waals surface area contributed by atoms with Crippen molar-refractivity contribution >= 4 is 0 Å². The smallest absolute Gasteiger partial charge is 0.148 e. The zero-order chi connectivity index (χ0) is 14.6. The summed E-state index contributed by atoms with van der Waals surface area (Å²) < 4.78 is 11.1. The van der Waals surface area contributed by atoms with Gasteiger partial charge in [-0.25, -0.2) is 0 Å². The molecule has 0 fully saturated rings. The Morgan fingerprint density at radius 1 is 1.25 bits per heavy atom. The Morgan fingerprint density at radius 3 is 2.80 bits per heavy atom. The molecule has 0 saturated carbocycles. The van der Waals surface area contributed by atoms with Crippen LogP contribution >= 0.6 is 0 Å². The van der Waals surface area contributed by atoms with Crippen molar-refractivity contribution < 1.29 is 9.47 Å². The lowest BCUT2D eigenvalue weighted by Gasteiger charge is -2.11. The first-order valence-corrected chi connectivity index (χ1v) is 7.16. The van der Waals surface area contributed by atoms with Gasteiger partial charge in [-0.1, -0.05) is 38.0 Å². The normalized spacial score (nSPS) is 10.5. The van der Waals surface area contributed by atoms with E-state index in [1.165, 1.54) is 0 Å². The van der Waals surface area contributed by atoms with E-state index in [2.05, 4.69) is 25.1 Å². The number of nitrogens with one attached hydrogen (secondary N) is 1. The van der Waals surface area contributed by atoms with E-state index < -0.39 is 0 Å². The molecule has 0 spiro atoms. The summed E-state index contributed by atoms with van der Waals surface area (Å²) >= 11 is 0. The molecular formula is C17H25NO2. The molecule has 0 aliphatic rings. The van der Waals surface area contributed by atoms with Crippen LogP contribution in [0.1, 0.15) is 25.8 Å². The zero-order valence-corrected chi connectivity index (χ0v) is 12.5. The Kier molecular flexibility index (Phi) is 8.53. The summed E-state index contributed by atoms with van der Waals surface area (Å²) in [5.41, 5.74) is 1.12. The lowest BCUT2D eigenvalue weighted by molar-refractivity contribution is 0.125. The van der Waals surface area contributed by atoms with E-state index in [9.17, 15) is 0 Å². The molecule has 0 aliphatic heterocycles. The molecule has 0 saturated heterocycles. The first-order chi connectivity index (χ1) is 9.74. The van der Waals surface area contributed by atoms with Crippen LogP contribution in [-0.2, 0) is 11.3 Å². The monoisotopic (exact) mass is 275 g/mol. The largest absolute Gasteiger partial charge is 0.481 e. The summed E-state index contributed by atoms with van der Waals surface area (Å²) in [6, 6.07) is 7.93. The Bertz CT molecular complexity index is 410. The van der Waals surface area contributed by atoms with Gasteiger partial charge in [-0.3, -0.25) is 0 Å². The quantitative estimate of drug-likeness (QED) is 0.526. The number of ether oxygens (including phenoxy) is 2. The van der Waals surface area contributed by atoms with Gasteiger partial charge >= 0.3 is 0 Å². The molecule has 0 heterocycles. The van der Waals surface area contributed by atoms with Crippen molar-refractivity contribution in [3.63, 3.8) is 0 Å². The molecule has 1 rings (SSSR count). The maximum atomic E-state index is 5.56. The summed E-state index contributed by atoms with van der Waals surface area (Å²) in [6.45, 7) is 7.87. The first-order valence-electron chi connectivity index (χ1n) is 7.16. The van der Waals surface area contributed by atoms with Crippen LogP contribution in [0.25, 0.3) is 0 Å². The minimum absolute atomic E-state index is 0.301. The van der Waals surface area contributed by atoms with Crippen LogP contribution in [0.3, 0.4) is 0 Å². The number of hydrogen-bond acceptors (Lipinski definition) is 3. The number of terminal acetylenes is 1. The predicted molar refractivity (Wildman–Crippen MR) is 82.8 cm³/mol. The van der Waals surface area contributed by atoms with E-state index >= 15 is 0 Å². The van der Waals surface area contributed by atoms with Crippen molar-refractivity contribution in [3.8, 4) is 18.1 Å². The third kappa shape index (κ3) is 7.18. The number of rotatable bonds is 10. The molecule has 0 radical (unpaired) electrons. The minimum Gasteiger partial charge on any atom is -0.481 e. The van der Waals surface area contributed by atoms with Crippen LogP contribution in [0, 0.1) is 18.3 Å². The molecule has 1 aromatic rings. The van der Waals surface area contributed by atoms with Gasteiger partial charge in [-0.2, -0.15) is 0 Å². The first kappa shape index (κ1) is 16.6. The number of hydrogen-bond donors (Lipinski definition) is 1. The highest BCUT2D eigenvalue weighted by Gasteiger charge is 2.01. The van der Waals surface area contributed by atoms with Crippen molar-refractivity contribution in [2.75, 3.05) is 26.4 Å². The molecule has 110 valence electrons. The second-order valence-corrected chi connectivity index (χ2v) is 5.07.